The first-order valence-corrected chi connectivity index (χ1v) is 17.0. The van der Waals surface area contributed by atoms with Gasteiger partial charge < -0.3 is 23.7 Å². The number of benzene rings is 3. The first-order chi connectivity index (χ1) is 22.9. The van der Waals surface area contributed by atoms with Crippen LogP contribution in [0.2, 0.25) is 0 Å². The Labute approximate surface area is 277 Å². The van der Waals surface area contributed by atoms with Crippen LogP contribution in [0.25, 0.3) is 0 Å². The number of ether oxygens (including phenoxy) is 5. The lowest BCUT2D eigenvalue weighted by molar-refractivity contribution is -0.192. The van der Waals surface area contributed by atoms with Gasteiger partial charge in [-0.1, -0.05) is 24.3 Å². The normalized spacial score (nSPS) is 21.4. The zero-order valence-corrected chi connectivity index (χ0v) is 27.1. The summed E-state index contributed by atoms with van der Waals surface area (Å²) in [5.41, 5.74) is 1.39. The van der Waals surface area contributed by atoms with Gasteiger partial charge in [-0.25, -0.2) is 17.6 Å². The molecule has 0 aromatic heterocycles. The summed E-state index contributed by atoms with van der Waals surface area (Å²) in [5, 5.41) is 9.27. The van der Waals surface area contributed by atoms with Gasteiger partial charge in [0.25, 0.3) is 0 Å². The second-order valence-electron chi connectivity index (χ2n) is 11.7. The number of halogens is 4. The van der Waals surface area contributed by atoms with E-state index >= 15 is 0 Å². The number of hydrogen-bond acceptors (Lipinski definition) is 7. The van der Waals surface area contributed by atoms with E-state index in [0.717, 1.165) is 67.6 Å². The van der Waals surface area contributed by atoms with Crippen LogP contribution in [-0.2, 0) is 25.6 Å². The van der Waals surface area contributed by atoms with E-state index in [0.29, 0.717) is 31.7 Å². The molecule has 0 spiro atoms. The first-order valence-electron chi connectivity index (χ1n) is 16.0. The molecule has 2 unspecified atom stereocenters. The zero-order valence-electron chi connectivity index (χ0n) is 26.3. The predicted octanol–water partition coefficient (Wildman–Crippen LogP) is 8.54. The van der Waals surface area contributed by atoms with E-state index in [2.05, 4.69) is 24.3 Å². The Morgan fingerprint density at radius 2 is 1.49 bits per heavy atom. The van der Waals surface area contributed by atoms with Crippen LogP contribution in [0.15, 0.2) is 48.5 Å². The van der Waals surface area contributed by atoms with E-state index in [-0.39, 0.29) is 17.2 Å². The maximum atomic E-state index is 14.9. The fraction of sp³-hybridized carbons (Fsp3) is 0.472. The number of thioether (sulfide) groups is 1. The first kappa shape index (κ1) is 35.2. The Morgan fingerprint density at radius 1 is 0.830 bits per heavy atom. The fourth-order valence-electron chi connectivity index (χ4n) is 5.80. The third-order valence-corrected chi connectivity index (χ3v) is 10.0. The maximum Gasteiger partial charge on any atom is 0.184 e. The summed E-state index contributed by atoms with van der Waals surface area (Å²) in [6, 6.07) is 13.8. The third kappa shape index (κ3) is 9.48. The molecule has 0 aliphatic carbocycles. The summed E-state index contributed by atoms with van der Waals surface area (Å²) in [6.07, 6.45) is 3.71. The van der Waals surface area contributed by atoms with Crippen LogP contribution >= 0.6 is 11.8 Å². The van der Waals surface area contributed by atoms with Gasteiger partial charge in [0, 0.05) is 42.1 Å². The van der Waals surface area contributed by atoms with Gasteiger partial charge in [0.15, 0.2) is 6.29 Å². The number of rotatable bonds is 14. The summed E-state index contributed by atoms with van der Waals surface area (Å²) >= 11 is 2.03. The van der Waals surface area contributed by atoms with Crippen molar-refractivity contribution in [3.8, 4) is 11.8 Å². The number of nitrogens with zero attached hydrogens (tertiary/aromatic N) is 1. The SMILES string of the molecule is CCOCCOCCCC1CCC(c2ccc(C3COC(c4cc(F)c(COc5cc(F)c(C#N)c(F)c5)c(F)c4)OC3)cc2)SC1. The molecule has 3 aromatic rings. The average molecular weight is 674 g/mol. The second-order valence-corrected chi connectivity index (χ2v) is 12.9. The summed E-state index contributed by atoms with van der Waals surface area (Å²) in [6.45, 7) is 4.85. The molecule has 0 amide bonds. The van der Waals surface area contributed by atoms with Gasteiger partial charge in [-0.3, -0.25) is 0 Å². The van der Waals surface area contributed by atoms with E-state index in [4.69, 9.17) is 28.9 Å². The molecule has 0 N–H and O–H groups in total. The molecule has 2 saturated heterocycles. The van der Waals surface area contributed by atoms with Gasteiger partial charge in [0.2, 0.25) is 0 Å². The predicted molar refractivity (Wildman–Crippen MR) is 170 cm³/mol. The van der Waals surface area contributed by atoms with Crippen LogP contribution in [0.1, 0.15) is 77.9 Å². The topological polar surface area (TPSA) is 69.9 Å². The Kier molecular flexibility index (Phi) is 13.0. The van der Waals surface area contributed by atoms with Crippen molar-refractivity contribution in [1.82, 2.24) is 0 Å². The van der Waals surface area contributed by atoms with Crippen LogP contribution in [0.5, 0.6) is 5.75 Å². The molecule has 0 radical (unpaired) electrons. The van der Waals surface area contributed by atoms with Crippen molar-refractivity contribution in [1.29, 1.82) is 5.26 Å². The van der Waals surface area contributed by atoms with Crippen molar-refractivity contribution >= 4 is 11.8 Å². The van der Waals surface area contributed by atoms with Crippen molar-refractivity contribution in [2.75, 3.05) is 45.4 Å². The third-order valence-electron chi connectivity index (χ3n) is 8.47. The Bertz CT molecular complexity index is 1460. The highest BCUT2D eigenvalue weighted by Gasteiger charge is 2.28. The standard InChI is InChI=1S/C36H39F4NO5S/c1-2-42-12-13-43-11-3-4-23-5-10-35(47-22-23)25-8-6-24(7-9-25)27-19-45-36(46-20-27)26-14-31(37)30(32(38)15-26)21-44-28-16-33(39)29(18-41)34(40)17-28/h6-9,14-17,23,27,35-36H,2-5,10-13,19-22H2,1H3. The molecular weight excluding hydrogens is 634 g/mol. The fourth-order valence-corrected chi connectivity index (χ4v) is 7.29. The molecule has 2 atom stereocenters. The van der Waals surface area contributed by atoms with E-state index in [1.165, 1.54) is 24.5 Å². The minimum atomic E-state index is -1.13. The Morgan fingerprint density at radius 3 is 2.11 bits per heavy atom. The molecule has 11 heteroatoms. The molecular formula is C36H39F4NO5S. The molecule has 2 aliphatic heterocycles. The highest BCUT2D eigenvalue weighted by molar-refractivity contribution is 7.99. The molecule has 47 heavy (non-hydrogen) atoms. The highest BCUT2D eigenvalue weighted by atomic mass is 32.2. The monoisotopic (exact) mass is 673 g/mol. The van der Waals surface area contributed by atoms with Crippen molar-refractivity contribution in [2.24, 2.45) is 5.92 Å². The van der Waals surface area contributed by atoms with E-state index in [1.807, 2.05) is 18.7 Å². The second kappa shape index (κ2) is 17.3. The number of nitriles is 1. The lowest BCUT2D eigenvalue weighted by atomic mass is 9.94. The maximum absolute atomic E-state index is 14.9. The van der Waals surface area contributed by atoms with Gasteiger partial charge >= 0.3 is 0 Å². The minimum Gasteiger partial charge on any atom is -0.488 e. The number of hydrogen-bond donors (Lipinski definition) is 0. The van der Waals surface area contributed by atoms with Gasteiger partial charge in [0.05, 0.1) is 32.0 Å². The molecule has 2 fully saturated rings. The van der Waals surface area contributed by atoms with Crippen molar-refractivity contribution < 1.29 is 41.2 Å². The Balaban J connectivity index is 1.06. The van der Waals surface area contributed by atoms with Gasteiger partial charge in [-0.2, -0.15) is 17.0 Å². The van der Waals surface area contributed by atoms with Crippen LogP contribution in [0.4, 0.5) is 17.6 Å². The molecule has 5 rings (SSSR count). The Hall–Kier alpha value is -3.14. The largest absolute Gasteiger partial charge is 0.488 e. The summed E-state index contributed by atoms with van der Waals surface area (Å²) in [5.74, 6) is -2.50. The molecule has 2 heterocycles. The minimum absolute atomic E-state index is 0.0185. The summed E-state index contributed by atoms with van der Waals surface area (Å²) in [7, 11) is 0. The van der Waals surface area contributed by atoms with E-state index in [1.54, 1.807) is 0 Å². The van der Waals surface area contributed by atoms with Crippen molar-refractivity contribution in [3.63, 3.8) is 0 Å². The summed E-state index contributed by atoms with van der Waals surface area (Å²) < 4.78 is 85.3. The van der Waals surface area contributed by atoms with Crippen LogP contribution in [-0.4, -0.2) is 45.4 Å². The quantitative estimate of drug-likeness (QED) is 0.126. The van der Waals surface area contributed by atoms with Crippen molar-refractivity contribution in [3.05, 3.63) is 99.6 Å². The van der Waals surface area contributed by atoms with Crippen LogP contribution < -0.4 is 4.74 Å². The lowest BCUT2D eigenvalue weighted by Gasteiger charge is -2.31. The zero-order chi connectivity index (χ0) is 33.2. The van der Waals surface area contributed by atoms with E-state index in [9.17, 15) is 17.6 Å². The van der Waals surface area contributed by atoms with Crippen LogP contribution in [0, 0.1) is 40.5 Å². The highest BCUT2D eigenvalue weighted by Crippen LogP contribution is 2.42. The van der Waals surface area contributed by atoms with E-state index < -0.39 is 47.3 Å². The van der Waals surface area contributed by atoms with Gasteiger partial charge in [-0.15, -0.1) is 0 Å². The molecule has 0 saturated carbocycles. The molecule has 0 bridgehead atoms. The average Bonchev–Trinajstić information content (AvgIpc) is 3.08. The van der Waals surface area contributed by atoms with Gasteiger partial charge in [0.1, 0.15) is 47.3 Å². The summed E-state index contributed by atoms with van der Waals surface area (Å²) in [4.78, 5) is 0. The molecule has 6 nitrogen and oxygen atoms in total. The molecule has 2 aliphatic rings. The molecule has 3 aromatic carbocycles. The van der Waals surface area contributed by atoms with Crippen molar-refractivity contribution in [2.45, 2.75) is 56.7 Å². The van der Waals surface area contributed by atoms with Crippen LogP contribution in [0.3, 0.4) is 0 Å². The lowest BCUT2D eigenvalue weighted by Crippen LogP contribution is -2.26. The van der Waals surface area contributed by atoms with Gasteiger partial charge in [-0.05, 0) is 67.5 Å². The molecule has 252 valence electrons. The smallest absolute Gasteiger partial charge is 0.184 e.